The number of carbonyl (C=O) groups excluding carboxylic acids is 1. The van der Waals surface area contributed by atoms with E-state index in [1.807, 2.05) is 25.1 Å². The molecule has 0 bridgehead atoms. The van der Waals surface area contributed by atoms with Gasteiger partial charge in [0, 0.05) is 17.4 Å². The van der Waals surface area contributed by atoms with Gasteiger partial charge in [0.05, 0.1) is 0 Å². The van der Waals surface area contributed by atoms with Crippen molar-refractivity contribution < 1.29 is 4.79 Å². The van der Waals surface area contributed by atoms with E-state index >= 15 is 0 Å². The average Bonchev–Trinajstić information content (AvgIpc) is 2.96. The second-order valence-electron chi connectivity index (χ2n) is 5.16. The molecule has 1 atom stereocenters. The fourth-order valence-corrected chi connectivity index (χ4v) is 3.77. The molecule has 0 saturated heterocycles. The van der Waals surface area contributed by atoms with Crippen LogP contribution in [0.1, 0.15) is 37.3 Å². The average molecular weight is 335 g/mol. The molecule has 1 unspecified atom stereocenters. The molecule has 0 fully saturated rings. The third-order valence-electron chi connectivity index (χ3n) is 3.20. The number of hydrogen-bond acceptors (Lipinski definition) is 5. The molecule has 1 aromatic carbocycles. The van der Waals surface area contributed by atoms with Crippen LogP contribution in [0.15, 0.2) is 30.3 Å². The maximum Gasteiger partial charge on any atom is 0.229 e. The Morgan fingerprint density at radius 2 is 2.05 bits per heavy atom. The fraction of sp³-hybridized carbons (Fsp3) is 0.438. The summed E-state index contributed by atoms with van der Waals surface area (Å²) < 4.78 is 0. The van der Waals surface area contributed by atoms with Crippen molar-refractivity contribution in [3.05, 3.63) is 40.9 Å². The van der Waals surface area contributed by atoms with Crippen molar-refractivity contribution in [3.63, 3.8) is 0 Å². The number of hydrogen-bond donors (Lipinski definition) is 1. The van der Waals surface area contributed by atoms with Crippen molar-refractivity contribution in [3.8, 4) is 0 Å². The van der Waals surface area contributed by atoms with Crippen LogP contribution in [0.3, 0.4) is 0 Å². The predicted molar refractivity (Wildman–Crippen MR) is 94.1 cm³/mol. The van der Waals surface area contributed by atoms with Gasteiger partial charge in [0.25, 0.3) is 0 Å². The fourth-order valence-electron chi connectivity index (χ4n) is 1.99. The third-order valence-corrected chi connectivity index (χ3v) is 5.24. The lowest BCUT2D eigenvalue weighted by molar-refractivity contribution is -0.119. The zero-order valence-corrected chi connectivity index (χ0v) is 14.5. The van der Waals surface area contributed by atoms with E-state index in [4.69, 9.17) is 0 Å². The number of rotatable bonds is 8. The maximum atomic E-state index is 11.9. The highest BCUT2D eigenvalue weighted by atomic mass is 32.2. The van der Waals surface area contributed by atoms with Crippen LogP contribution in [0.5, 0.6) is 0 Å². The SMILES string of the molecule is CCCC(C)C(=O)Nc1nnc(CSCc2ccccc2)s1. The molecular formula is C16H21N3OS2. The van der Waals surface area contributed by atoms with Crippen molar-refractivity contribution in [2.75, 3.05) is 5.32 Å². The van der Waals surface area contributed by atoms with Gasteiger partial charge in [0.1, 0.15) is 5.01 Å². The zero-order chi connectivity index (χ0) is 15.8. The Morgan fingerprint density at radius 1 is 1.27 bits per heavy atom. The Kier molecular flexibility index (Phi) is 6.86. The molecule has 0 saturated carbocycles. The first-order valence-electron chi connectivity index (χ1n) is 7.44. The summed E-state index contributed by atoms with van der Waals surface area (Å²) in [6.45, 7) is 4.02. The normalized spacial score (nSPS) is 12.1. The highest BCUT2D eigenvalue weighted by Gasteiger charge is 2.14. The molecule has 1 heterocycles. The minimum atomic E-state index is 0.0183. The number of thioether (sulfide) groups is 1. The van der Waals surface area contributed by atoms with Gasteiger partial charge in [-0.05, 0) is 12.0 Å². The molecule has 2 aromatic rings. The van der Waals surface area contributed by atoms with E-state index in [0.29, 0.717) is 5.13 Å². The molecule has 1 N–H and O–H groups in total. The van der Waals surface area contributed by atoms with Crippen LogP contribution in [0, 0.1) is 5.92 Å². The lowest BCUT2D eigenvalue weighted by Crippen LogP contribution is -2.20. The van der Waals surface area contributed by atoms with Gasteiger partial charge in [-0.1, -0.05) is 61.9 Å². The molecule has 0 aliphatic carbocycles. The largest absolute Gasteiger partial charge is 0.300 e. The summed E-state index contributed by atoms with van der Waals surface area (Å²) in [5, 5.41) is 12.6. The summed E-state index contributed by atoms with van der Waals surface area (Å²) in [7, 11) is 0. The van der Waals surface area contributed by atoms with Gasteiger partial charge in [0.15, 0.2) is 0 Å². The van der Waals surface area contributed by atoms with Gasteiger partial charge in [0.2, 0.25) is 11.0 Å². The number of aromatic nitrogens is 2. The molecule has 22 heavy (non-hydrogen) atoms. The number of nitrogens with zero attached hydrogens (tertiary/aromatic N) is 2. The Hall–Kier alpha value is -1.40. The minimum Gasteiger partial charge on any atom is -0.300 e. The first-order chi connectivity index (χ1) is 10.7. The summed E-state index contributed by atoms with van der Waals surface area (Å²) in [6.07, 6.45) is 1.90. The summed E-state index contributed by atoms with van der Waals surface area (Å²) in [5.41, 5.74) is 1.30. The third kappa shape index (κ3) is 5.42. The van der Waals surface area contributed by atoms with Gasteiger partial charge in [-0.3, -0.25) is 4.79 Å². The number of carbonyl (C=O) groups is 1. The molecule has 2 rings (SSSR count). The summed E-state index contributed by atoms with van der Waals surface area (Å²) in [4.78, 5) is 11.9. The van der Waals surface area contributed by atoms with Gasteiger partial charge in [-0.15, -0.1) is 22.0 Å². The summed E-state index contributed by atoms with van der Waals surface area (Å²) in [6, 6.07) is 10.4. The molecule has 6 heteroatoms. The zero-order valence-electron chi connectivity index (χ0n) is 12.9. The Bertz CT molecular complexity index is 586. The molecule has 0 aliphatic heterocycles. The van der Waals surface area contributed by atoms with Crippen molar-refractivity contribution in [2.24, 2.45) is 5.92 Å². The van der Waals surface area contributed by atoms with Crippen LogP contribution in [-0.2, 0) is 16.3 Å². The van der Waals surface area contributed by atoms with Crippen LogP contribution >= 0.6 is 23.1 Å². The van der Waals surface area contributed by atoms with E-state index in [1.165, 1.54) is 16.9 Å². The quantitative estimate of drug-likeness (QED) is 0.779. The van der Waals surface area contributed by atoms with E-state index in [-0.39, 0.29) is 11.8 Å². The van der Waals surface area contributed by atoms with Crippen LogP contribution in [0.2, 0.25) is 0 Å². The Balaban J connectivity index is 1.78. The molecule has 0 spiro atoms. The summed E-state index contributed by atoms with van der Waals surface area (Å²) >= 11 is 3.26. The van der Waals surface area contributed by atoms with E-state index in [9.17, 15) is 4.79 Å². The molecule has 1 aromatic heterocycles. The second-order valence-corrected chi connectivity index (χ2v) is 7.21. The number of nitrogens with one attached hydrogen (secondary N) is 1. The van der Waals surface area contributed by atoms with E-state index in [0.717, 1.165) is 29.4 Å². The number of anilines is 1. The Morgan fingerprint density at radius 3 is 2.77 bits per heavy atom. The van der Waals surface area contributed by atoms with E-state index in [2.05, 4.69) is 34.6 Å². The molecular weight excluding hydrogens is 314 g/mol. The van der Waals surface area contributed by atoms with Crippen molar-refractivity contribution >= 4 is 34.1 Å². The van der Waals surface area contributed by atoms with E-state index in [1.54, 1.807) is 11.8 Å². The first-order valence-corrected chi connectivity index (χ1v) is 9.41. The predicted octanol–water partition coefficient (Wildman–Crippen LogP) is 4.35. The van der Waals surface area contributed by atoms with Gasteiger partial charge >= 0.3 is 0 Å². The number of amides is 1. The number of benzene rings is 1. The second kappa shape index (κ2) is 8.90. The summed E-state index contributed by atoms with van der Waals surface area (Å²) in [5.74, 6) is 1.81. The van der Waals surface area contributed by atoms with Crippen LogP contribution in [0.4, 0.5) is 5.13 Å². The minimum absolute atomic E-state index is 0.0183. The lowest BCUT2D eigenvalue weighted by Gasteiger charge is -2.07. The van der Waals surface area contributed by atoms with Crippen LogP contribution in [0.25, 0.3) is 0 Å². The van der Waals surface area contributed by atoms with E-state index < -0.39 is 0 Å². The molecule has 1 amide bonds. The van der Waals surface area contributed by atoms with Crippen molar-refractivity contribution in [1.82, 2.24) is 10.2 Å². The maximum absolute atomic E-state index is 11.9. The van der Waals surface area contributed by atoms with Gasteiger partial charge in [-0.2, -0.15) is 0 Å². The topological polar surface area (TPSA) is 54.9 Å². The lowest BCUT2D eigenvalue weighted by atomic mass is 10.1. The monoisotopic (exact) mass is 335 g/mol. The highest BCUT2D eigenvalue weighted by molar-refractivity contribution is 7.97. The van der Waals surface area contributed by atoms with Gasteiger partial charge in [-0.25, -0.2) is 0 Å². The Labute approximate surface area is 139 Å². The van der Waals surface area contributed by atoms with Crippen LogP contribution in [-0.4, -0.2) is 16.1 Å². The molecule has 0 aliphatic rings. The van der Waals surface area contributed by atoms with Gasteiger partial charge < -0.3 is 5.32 Å². The smallest absolute Gasteiger partial charge is 0.229 e. The van der Waals surface area contributed by atoms with Crippen molar-refractivity contribution in [2.45, 2.75) is 38.2 Å². The van der Waals surface area contributed by atoms with Crippen LogP contribution < -0.4 is 5.32 Å². The molecule has 118 valence electrons. The standard InChI is InChI=1S/C16H21N3OS2/c1-3-7-12(2)15(20)17-16-19-18-14(22-16)11-21-10-13-8-5-4-6-9-13/h4-6,8-9,12H,3,7,10-11H2,1-2H3,(H,17,19,20). The molecule has 0 radical (unpaired) electrons. The highest BCUT2D eigenvalue weighted by Crippen LogP contribution is 2.23. The van der Waals surface area contributed by atoms with Crippen molar-refractivity contribution in [1.29, 1.82) is 0 Å². The first kappa shape index (κ1) is 17.0. The molecule has 4 nitrogen and oxygen atoms in total.